The van der Waals surface area contributed by atoms with Crippen molar-refractivity contribution in [3.63, 3.8) is 0 Å². The molecule has 1 unspecified atom stereocenters. The first-order valence-electron chi connectivity index (χ1n) is 6.15. The third-order valence-electron chi connectivity index (χ3n) is 2.68. The van der Waals surface area contributed by atoms with Gasteiger partial charge in [-0.3, -0.25) is 4.79 Å². The summed E-state index contributed by atoms with van der Waals surface area (Å²) in [6.45, 7) is 1.78. The lowest BCUT2D eigenvalue weighted by atomic mass is 10.1. The second-order valence-corrected chi connectivity index (χ2v) is 4.63. The predicted octanol–water partition coefficient (Wildman–Crippen LogP) is 2.53. The van der Waals surface area contributed by atoms with E-state index in [0.29, 0.717) is 12.8 Å². The second kappa shape index (κ2) is 7.69. The maximum Gasteiger partial charge on any atom is 0.405 e. The number of halogens is 2. The molecule has 0 saturated heterocycles. The zero-order valence-corrected chi connectivity index (χ0v) is 11.7. The Bertz CT molecular complexity index is 497. The van der Waals surface area contributed by atoms with Gasteiger partial charge in [-0.15, -0.1) is 0 Å². The molecule has 0 fully saturated rings. The lowest BCUT2D eigenvalue weighted by molar-refractivity contribution is -0.123. The lowest BCUT2D eigenvalue weighted by Gasteiger charge is -2.16. The number of amides is 2. The number of carbonyl (C=O) groups is 2. The summed E-state index contributed by atoms with van der Waals surface area (Å²) < 4.78 is 13.6. The summed E-state index contributed by atoms with van der Waals surface area (Å²) in [5.41, 5.74) is 0.247. The van der Waals surface area contributed by atoms with Crippen LogP contribution in [0, 0.1) is 5.82 Å². The van der Waals surface area contributed by atoms with Crippen LogP contribution in [0.15, 0.2) is 18.2 Å². The molecule has 0 bridgehead atoms. The summed E-state index contributed by atoms with van der Waals surface area (Å²) in [7, 11) is 0. The number of nitrogens with one attached hydrogen (secondary N) is 2. The van der Waals surface area contributed by atoms with Crippen molar-refractivity contribution >= 4 is 23.6 Å². The van der Waals surface area contributed by atoms with E-state index in [4.69, 9.17) is 16.7 Å². The number of benzene rings is 1. The SMILES string of the molecule is CCCC(NC(=O)O)C(=O)NCc1cccc(Cl)c1F. The molecule has 0 aliphatic carbocycles. The third-order valence-corrected chi connectivity index (χ3v) is 2.97. The van der Waals surface area contributed by atoms with Crippen molar-refractivity contribution < 1.29 is 19.1 Å². The number of hydrogen-bond donors (Lipinski definition) is 3. The fourth-order valence-electron chi connectivity index (χ4n) is 1.70. The van der Waals surface area contributed by atoms with Gasteiger partial charge in [0.05, 0.1) is 5.02 Å². The van der Waals surface area contributed by atoms with E-state index in [0.717, 1.165) is 0 Å². The Kier molecular flexibility index (Phi) is 6.24. The fourth-order valence-corrected chi connectivity index (χ4v) is 1.89. The first-order chi connectivity index (χ1) is 9.45. The van der Waals surface area contributed by atoms with Crippen LogP contribution in [-0.2, 0) is 11.3 Å². The Morgan fingerprint density at radius 3 is 2.75 bits per heavy atom. The Morgan fingerprint density at radius 1 is 1.45 bits per heavy atom. The Labute approximate surface area is 121 Å². The maximum atomic E-state index is 13.6. The minimum Gasteiger partial charge on any atom is -0.465 e. The zero-order valence-electron chi connectivity index (χ0n) is 11.0. The molecule has 2 amide bonds. The fraction of sp³-hybridized carbons (Fsp3) is 0.385. The first-order valence-corrected chi connectivity index (χ1v) is 6.53. The molecule has 20 heavy (non-hydrogen) atoms. The highest BCUT2D eigenvalue weighted by Gasteiger charge is 2.19. The van der Waals surface area contributed by atoms with E-state index < -0.39 is 23.9 Å². The molecule has 0 heterocycles. The van der Waals surface area contributed by atoms with Crippen molar-refractivity contribution in [1.29, 1.82) is 0 Å². The summed E-state index contributed by atoms with van der Waals surface area (Å²) in [4.78, 5) is 22.4. The molecule has 0 spiro atoms. The summed E-state index contributed by atoms with van der Waals surface area (Å²) in [5, 5.41) is 13.3. The van der Waals surface area contributed by atoms with E-state index in [9.17, 15) is 14.0 Å². The van der Waals surface area contributed by atoms with Gasteiger partial charge in [0.15, 0.2) is 0 Å². The monoisotopic (exact) mass is 302 g/mol. The lowest BCUT2D eigenvalue weighted by Crippen LogP contribution is -2.46. The summed E-state index contributed by atoms with van der Waals surface area (Å²) in [6, 6.07) is 3.64. The van der Waals surface area contributed by atoms with Gasteiger partial charge in [0, 0.05) is 12.1 Å². The minimum atomic E-state index is -1.27. The molecule has 1 atom stereocenters. The first kappa shape index (κ1) is 16.2. The molecule has 0 aliphatic heterocycles. The summed E-state index contributed by atoms with van der Waals surface area (Å²) >= 11 is 5.63. The highest BCUT2D eigenvalue weighted by atomic mass is 35.5. The van der Waals surface area contributed by atoms with Crippen molar-refractivity contribution in [2.45, 2.75) is 32.4 Å². The molecule has 7 heteroatoms. The highest BCUT2D eigenvalue weighted by molar-refractivity contribution is 6.30. The molecule has 5 nitrogen and oxygen atoms in total. The molecule has 0 aliphatic rings. The third kappa shape index (κ3) is 4.70. The molecule has 1 aromatic rings. The standard InChI is InChI=1S/C13H16ClFN2O3/c1-2-4-10(17-13(19)20)12(18)16-7-8-5-3-6-9(14)11(8)15/h3,5-6,10,17H,2,4,7H2,1H3,(H,16,18)(H,19,20). The smallest absolute Gasteiger partial charge is 0.405 e. The molecular weight excluding hydrogens is 287 g/mol. The van der Waals surface area contributed by atoms with Crippen LogP contribution >= 0.6 is 11.6 Å². The van der Waals surface area contributed by atoms with Crippen molar-refractivity contribution in [3.05, 3.63) is 34.6 Å². The normalized spacial score (nSPS) is 11.8. The molecular formula is C13H16ClFN2O3. The van der Waals surface area contributed by atoms with E-state index in [-0.39, 0.29) is 17.1 Å². The number of carbonyl (C=O) groups excluding carboxylic acids is 1. The van der Waals surface area contributed by atoms with Gasteiger partial charge in [0.25, 0.3) is 0 Å². The van der Waals surface area contributed by atoms with E-state index in [1.165, 1.54) is 12.1 Å². The average Bonchev–Trinajstić information content (AvgIpc) is 2.39. The minimum absolute atomic E-state index is 0.0227. The van der Waals surface area contributed by atoms with Gasteiger partial charge in [-0.2, -0.15) is 0 Å². The molecule has 110 valence electrons. The van der Waals surface area contributed by atoms with E-state index in [1.807, 2.05) is 6.92 Å². The number of hydrogen-bond acceptors (Lipinski definition) is 2. The van der Waals surface area contributed by atoms with Crippen molar-refractivity contribution in [1.82, 2.24) is 10.6 Å². The molecule has 0 aromatic heterocycles. The van der Waals surface area contributed by atoms with Gasteiger partial charge in [0.1, 0.15) is 11.9 Å². The van der Waals surface area contributed by atoms with Crippen LogP contribution in [-0.4, -0.2) is 23.1 Å². The predicted molar refractivity (Wildman–Crippen MR) is 73.1 cm³/mol. The summed E-state index contributed by atoms with van der Waals surface area (Å²) in [5.74, 6) is -1.08. The Hall–Kier alpha value is -1.82. The highest BCUT2D eigenvalue weighted by Crippen LogP contribution is 2.17. The molecule has 1 aromatic carbocycles. The van der Waals surface area contributed by atoms with Crippen LogP contribution in [0.4, 0.5) is 9.18 Å². The van der Waals surface area contributed by atoms with Gasteiger partial charge in [-0.25, -0.2) is 9.18 Å². The quantitative estimate of drug-likeness (QED) is 0.755. The van der Waals surface area contributed by atoms with Gasteiger partial charge in [-0.1, -0.05) is 37.1 Å². The van der Waals surface area contributed by atoms with Crippen molar-refractivity contribution in [2.24, 2.45) is 0 Å². The second-order valence-electron chi connectivity index (χ2n) is 4.22. The molecule has 3 N–H and O–H groups in total. The van der Waals surface area contributed by atoms with E-state index in [2.05, 4.69) is 10.6 Å². The van der Waals surface area contributed by atoms with Crippen LogP contribution < -0.4 is 10.6 Å². The maximum absolute atomic E-state index is 13.6. The molecule has 0 saturated carbocycles. The van der Waals surface area contributed by atoms with Crippen LogP contribution in [0.3, 0.4) is 0 Å². The summed E-state index contributed by atoms with van der Waals surface area (Å²) in [6.07, 6.45) is -0.257. The largest absolute Gasteiger partial charge is 0.465 e. The van der Waals surface area contributed by atoms with Crippen LogP contribution in [0.2, 0.25) is 5.02 Å². The molecule has 1 rings (SSSR count). The van der Waals surface area contributed by atoms with E-state index in [1.54, 1.807) is 6.07 Å². The Morgan fingerprint density at radius 2 is 2.15 bits per heavy atom. The van der Waals surface area contributed by atoms with Crippen LogP contribution in [0.25, 0.3) is 0 Å². The number of carboxylic acid groups (broad SMARTS) is 1. The topological polar surface area (TPSA) is 78.4 Å². The molecule has 0 radical (unpaired) electrons. The van der Waals surface area contributed by atoms with E-state index >= 15 is 0 Å². The average molecular weight is 303 g/mol. The van der Waals surface area contributed by atoms with Crippen molar-refractivity contribution in [3.8, 4) is 0 Å². The zero-order chi connectivity index (χ0) is 15.1. The van der Waals surface area contributed by atoms with Gasteiger partial charge >= 0.3 is 6.09 Å². The van der Waals surface area contributed by atoms with Gasteiger partial charge in [-0.05, 0) is 12.5 Å². The van der Waals surface area contributed by atoms with Crippen molar-refractivity contribution in [2.75, 3.05) is 0 Å². The van der Waals surface area contributed by atoms with Crippen LogP contribution in [0.1, 0.15) is 25.3 Å². The van der Waals surface area contributed by atoms with Crippen LogP contribution in [0.5, 0.6) is 0 Å². The Balaban J connectivity index is 2.64. The van der Waals surface area contributed by atoms with Gasteiger partial charge < -0.3 is 15.7 Å². The van der Waals surface area contributed by atoms with Gasteiger partial charge in [0.2, 0.25) is 5.91 Å². The number of rotatable bonds is 6.